The second-order valence-electron chi connectivity index (χ2n) is 0.247. The minimum atomic E-state index is -2.22. The Morgan fingerprint density at radius 2 is 0.833 bits per heavy atom. The first-order valence-corrected chi connectivity index (χ1v) is 11.6. The fourth-order valence-corrected chi connectivity index (χ4v) is 0. The van der Waals surface area contributed by atoms with Crippen molar-refractivity contribution in [2.75, 3.05) is 0 Å². The summed E-state index contributed by atoms with van der Waals surface area (Å²) in [6, 6.07) is 0. The van der Waals surface area contributed by atoms with Gasteiger partial charge < -0.3 is 11.0 Å². The van der Waals surface area contributed by atoms with Gasteiger partial charge in [0.15, 0.2) is 0 Å². The predicted molar refractivity (Wildman–Crippen MR) is 24.8 cm³/mol. The molecule has 0 aliphatic rings. The standard InChI is InChI=1S/3ClH.2H2O.Y/h3*1H;2*1H2;/q;;;;;+3/p-3. The third kappa shape index (κ3) is 39.4. The maximum absolute atomic E-state index is 5.02. The second kappa shape index (κ2) is 10.00. The van der Waals surface area contributed by atoms with Crippen LogP contribution in [0.1, 0.15) is 0 Å². The van der Waals surface area contributed by atoms with E-state index in [-0.39, 0.29) is 11.0 Å². The molecule has 0 atom stereocenters. The molecule has 0 aromatic rings. The quantitative estimate of drug-likeness (QED) is 0.580. The molecule has 0 saturated heterocycles. The van der Waals surface area contributed by atoms with Gasteiger partial charge in [0.25, 0.3) is 0 Å². The molecule has 6 heteroatoms. The van der Waals surface area contributed by atoms with Crippen LogP contribution in [0.3, 0.4) is 0 Å². The summed E-state index contributed by atoms with van der Waals surface area (Å²) < 4.78 is 0. The Labute approximate surface area is 55.6 Å². The number of rotatable bonds is 0. The SMILES string of the molecule is O.O.[Cl][Y]([Cl])[Cl]. The third-order valence-electron chi connectivity index (χ3n) is 0. The van der Waals surface area contributed by atoms with Crippen LogP contribution in [-0.2, 0) is 23.3 Å². The molecule has 0 radical (unpaired) electrons. The summed E-state index contributed by atoms with van der Waals surface area (Å²) in [5.41, 5.74) is 0. The van der Waals surface area contributed by atoms with Gasteiger partial charge in [0.2, 0.25) is 0 Å². The van der Waals surface area contributed by atoms with Gasteiger partial charge in [-0.15, -0.1) is 0 Å². The Morgan fingerprint density at radius 1 is 0.833 bits per heavy atom. The monoisotopic (exact) mass is 230 g/mol. The van der Waals surface area contributed by atoms with Crippen molar-refractivity contribution < 1.29 is 34.3 Å². The van der Waals surface area contributed by atoms with Gasteiger partial charge in [0.05, 0.1) is 0 Å². The summed E-state index contributed by atoms with van der Waals surface area (Å²) in [5.74, 6) is 0. The van der Waals surface area contributed by atoms with Gasteiger partial charge in [-0.2, -0.15) is 0 Å². The average molecular weight is 231 g/mol. The molecule has 0 heterocycles. The van der Waals surface area contributed by atoms with Crippen molar-refractivity contribution in [3.63, 3.8) is 0 Å². The number of halogens is 3. The molecular formula is H4Cl3O2Y. The van der Waals surface area contributed by atoms with E-state index in [1.54, 1.807) is 0 Å². The Kier molecular flexibility index (Phi) is 26.1. The second-order valence-corrected chi connectivity index (χ2v) is 13.2. The van der Waals surface area contributed by atoms with Crippen LogP contribution < -0.4 is 0 Å². The van der Waals surface area contributed by atoms with Gasteiger partial charge in [-0.3, -0.25) is 0 Å². The van der Waals surface area contributed by atoms with Crippen LogP contribution >= 0.6 is 22.0 Å². The van der Waals surface area contributed by atoms with E-state index in [9.17, 15) is 0 Å². The van der Waals surface area contributed by atoms with Crippen LogP contribution in [0.2, 0.25) is 0 Å². The molecule has 0 aromatic heterocycles. The molecule has 0 aliphatic carbocycles. The van der Waals surface area contributed by atoms with Crippen molar-refractivity contribution in [2.45, 2.75) is 0 Å². The zero-order chi connectivity index (χ0) is 3.58. The van der Waals surface area contributed by atoms with Gasteiger partial charge in [0, 0.05) is 0 Å². The fourth-order valence-electron chi connectivity index (χ4n) is 0. The Balaban J connectivity index is -0.0000000450. The normalized spacial score (nSPS) is 4.50. The Morgan fingerprint density at radius 3 is 0.833 bits per heavy atom. The van der Waals surface area contributed by atoms with Crippen LogP contribution in [0, 0.1) is 0 Å². The van der Waals surface area contributed by atoms with Crippen LogP contribution in [0.25, 0.3) is 0 Å². The average Bonchev–Trinajstić information content (AvgIpc) is 0.811. The van der Waals surface area contributed by atoms with Crippen molar-refractivity contribution in [1.82, 2.24) is 0 Å². The maximum atomic E-state index is 5.02. The molecule has 0 spiro atoms. The zero-order valence-corrected chi connectivity index (χ0v) is 7.82. The molecule has 0 aromatic carbocycles. The van der Waals surface area contributed by atoms with Crippen molar-refractivity contribution >= 4 is 22.0 Å². The van der Waals surface area contributed by atoms with Crippen molar-refractivity contribution in [3.8, 4) is 0 Å². The zero-order valence-electron chi connectivity index (χ0n) is 2.71. The van der Waals surface area contributed by atoms with E-state index in [4.69, 9.17) is 22.0 Å². The summed E-state index contributed by atoms with van der Waals surface area (Å²) >= 11 is -2.22. The van der Waals surface area contributed by atoms with E-state index in [1.807, 2.05) is 0 Å². The topological polar surface area (TPSA) is 63.0 Å². The van der Waals surface area contributed by atoms with Crippen LogP contribution in [-0.4, -0.2) is 11.0 Å². The van der Waals surface area contributed by atoms with Gasteiger partial charge in [-0.05, 0) is 0 Å². The molecular weight excluding hydrogens is 227 g/mol. The molecule has 0 aliphatic heterocycles. The molecule has 2 nitrogen and oxygen atoms in total. The molecule has 0 unspecified atom stereocenters. The van der Waals surface area contributed by atoms with E-state index < -0.39 is 23.3 Å². The molecule has 0 amide bonds. The van der Waals surface area contributed by atoms with E-state index in [0.29, 0.717) is 0 Å². The summed E-state index contributed by atoms with van der Waals surface area (Å²) in [6.07, 6.45) is 0. The molecule has 40 valence electrons. The summed E-state index contributed by atoms with van der Waals surface area (Å²) in [5, 5.41) is 0. The van der Waals surface area contributed by atoms with Crippen LogP contribution in [0.5, 0.6) is 0 Å². The van der Waals surface area contributed by atoms with Crippen molar-refractivity contribution in [2.24, 2.45) is 0 Å². The van der Waals surface area contributed by atoms with Crippen molar-refractivity contribution in [1.29, 1.82) is 0 Å². The first-order chi connectivity index (χ1) is 1.73. The van der Waals surface area contributed by atoms with E-state index in [0.717, 1.165) is 0 Å². The summed E-state index contributed by atoms with van der Waals surface area (Å²) in [7, 11) is 15.0. The van der Waals surface area contributed by atoms with E-state index >= 15 is 0 Å². The molecule has 4 N–H and O–H groups in total. The first kappa shape index (κ1) is 15.7. The van der Waals surface area contributed by atoms with Gasteiger partial charge in [-0.25, -0.2) is 0 Å². The molecule has 0 rings (SSSR count). The minimum absolute atomic E-state index is 0. The number of hydrogen-bond donors (Lipinski definition) is 0. The van der Waals surface area contributed by atoms with Gasteiger partial charge in [-0.1, -0.05) is 0 Å². The Bertz CT molecular complexity index is 13.5. The van der Waals surface area contributed by atoms with Crippen LogP contribution in [0.15, 0.2) is 0 Å². The van der Waals surface area contributed by atoms with E-state index in [2.05, 4.69) is 0 Å². The predicted octanol–water partition coefficient (Wildman–Crippen LogP) is 0.417. The third-order valence-corrected chi connectivity index (χ3v) is 0. The van der Waals surface area contributed by atoms with Gasteiger partial charge >= 0.3 is 45.3 Å². The van der Waals surface area contributed by atoms with Crippen LogP contribution in [0.4, 0.5) is 0 Å². The molecule has 0 fully saturated rings. The molecule has 0 bridgehead atoms. The van der Waals surface area contributed by atoms with Crippen molar-refractivity contribution in [3.05, 3.63) is 0 Å². The molecule has 0 saturated carbocycles. The summed E-state index contributed by atoms with van der Waals surface area (Å²) in [6.45, 7) is 0. The fraction of sp³-hybridized carbons (Fsp3) is 0. The van der Waals surface area contributed by atoms with E-state index in [1.165, 1.54) is 0 Å². The van der Waals surface area contributed by atoms with Gasteiger partial charge in [0.1, 0.15) is 0 Å². The Hall–Kier alpha value is 1.89. The first-order valence-electron chi connectivity index (χ1n) is 0.655. The molecule has 6 heavy (non-hydrogen) atoms. The number of hydrogen-bond acceptors (Lipinski definition) is 0. The summed E-state index contributed by atoms with van der Waals surface area (Å²) in [4.78, 5) is 0.